The minimum atomic E-state index is -0.520. The maximum Gasteiger partial charge on any atom is 0.324 e. The van der Waals surface area contributed by atoms with Crippen LogP contribution in [0.3, 0.4) is 0 Å². The highest BCUT2D eigenvalue weighted by Crippen LogP contribution is 2.20. The summed E-state index contributed by atoms with van der Waals surface area (Å²) in [5, 5.41) is 3.53. The van der Waals surface area contributed by atoms with Gasteiger partial charge >= 0.3 is 6.03 Å². The van der Waals surface area contributed by atoms with Crippen molar-refractivity contribution in [3.63, 3.8) is 0 Å². The number of nitrogens with zero attached hydrogens (tertiary/aromatic N) is 4. The lowest BCUT2D eigenvalue weighted by Gasteiger charge is -2.29. The maximum absolute atomic E-state index is 12.0. The predicted molar refractivity (Wildman–Crippen MR) is 79.3 cm³/mol. The Morgan fingerprint density at radius 2 is 2.05 bits per heavy atom. The highest BCUT2D eigenvalue weighted by atomic mass is 32.2. The van der Waals surface area contributed by atoms with Crippen LogP contribution in [-0.4, -0.2) is 62.9 Å². The number of amides is 4. The molecule has 21 heavy (non-hydrogen) atoms. The van der Waals surface area contributed by atoms with Gasteiger partial charge in [0.25, 0.3) is 0 Å². The molecule has 0 aromatic carbocycles. The number of rotatable bonds is 4. The van der Waals surface area contributed by atoms with E-state index in [1.54, 1.807) is 0 Å². The normalized spacial score (nSPS) is 15.5. The van der Waals surface area contributed by atoms with E-state index in [-0.39, 0.29) is 13.1 Å². The van der Waals surface area contributed by atoms with Gasteiger partial charge in [0, 0.05) is 24.3 Å². The number of hydrogen-bond acceptors (Lipinski definition) is 7. The molecule has 2 heterocycles. The number of carbonyl (C=O) groups excluding carboxylic acids is 3. The Kier molecular flexibility index (Phi) is 5.12. The number of urea groups is 1. The van der Waals surface area contributed by atoms with Gasteiger partial charge in [-0.25, -0.2) is 4.79 Å². The Morgan fingerprint density at radius 1 is 1.38 bits per heavy atom. The van der Waals surface area contributed by atoms with Gasteiger partial charge in [0.2, 0.25) is 22.1 Å². The third-order valence-electron chi connectivity index (χ3n) is 2.74. The fourth-order valence-electron chi connectivity index (χ4n) is 1.56. The van der Waals surface area contributed by atoms with Gasteiger partial charge < -0.3 is 4.90 Å². The molecule has 1 aliphatic rings. The van der Waals surface area contributed by atoms with Crippen molar-refractivity contribution in [2.45, 2.75) is 18.5 Å². The van der Waals surface area contributed by atoms with Crippen LogP contribution in [0.4, 0.5) is 9.93 Å². The molecule has 0 spiro atoms. The molecule has 1 fully saturated rings. The van der Waals surface area contributed by atoms with Crippen LogP contribution in [0.2, 0.25) is 0 Å². The highest BCUT2D eigenvalue weighted by Gasteiger charge is 2.31. The quantitative estimate of drug-likeness (QED) is 0.650. The number of aromatic nitrogens is 2. The van der Waals surface area contributed by atoms with Gasteiger partial charge in [-0.1, -0.05) is 18.7 Å². The first-order valence-electron chi connectivity index (χ1n) is 6.33. The lowest BCUT2D eigenvalue weighted by Crippen LogP contribution is -2.54. The van der Waals surface area contributed by atoms with Crippen LogP contribution in [0.5, 0.6) is 0 Å². The standard InChI is InChI=1S/C11H15N5O3S2/c1-3-4-20-10-12-9(21-14-10)13-11(19)16-5-7(17)15(2)8(18)6-16/h3-6H2,1-2H3,(H,12,13,14,19). The summed E-state index contributed by atoms with van der Waals surface area (Å²) in [6, 6.07) is -0.520. The summed E-state index contributed by atoms with van der Waals surface area (Å²) in [7, 11) is 1.40. The number of thioether (sulfide) groups is 1. The first-order valence-corrected chi connectivity index (χ1v) is 8.09. The van der Waals surface area contributed by atoms with Gasteiger partial charge in [0.05, 0.1) is 0 Å². The van der Waals surface area contributed by atoms with Gasteiger partial charge in [0.1, 0.15) is 13.1 Å². The Morgan fingerprint density at radius 3 is 2.67 bits per heavy atom. The van der Waals surface area contributed by atoms with Crippen molar-refractivity contribution in [2.75, 3.05) is 31.2 Å². The smallest absolute Gasteiger partial charge is 0.306 e. The molecule has 8 nitrogen and oxygen atoms in total. The Bertz CT molecular complexity index is 544. The number of likely N-dealkylation sites (N-methyl/N-ethyl adjacent to an activating group) is 1. The van der Waals surface area contributed by atoms with Crippen molar-refractivity contribution in [3.8, 4) is 0 Å². The fourth-order valence-corrected chi connectivity index (χ4v) is 2.95. The van der Waals surface area contributed by atoms with E-state index >= 15 is 0 Å². The van der Waals surface area contributed by atoms with Crippen molar-refractivity contribution in [2.24, 2.45) is 0 Å². The van der Waals surface area contributed by atoms with Gasteiger partial charge in [-0.05, 0) is 6.42 Å². The van der Waals surface area contributed by atoms with E-state index in [0.29, 0.717) is 10.3 Å². The molecule has 1 aromatic heterocycles. The molecule has 2 rings (SSSR count). The van der Waals surface area contributed by atoms with Crippen LogP contribution >= 0.6 is 23.3 Å². The van der Waals surface area contributed by atoms with E-state index in [2.05, 4.69) is 21.6 Å². The summed E-state index contributed by atoms with van der Waals surface area (Å²) < 4.78 is 4.11. The average molecular weight is 329 g/mol. The SMILES string of the molecule is CCCSc1nsc(NC(=O)N2CC(=O)N(C)C(=O)C2)n1. The maximum atomic E-state index is 12.0. The molecule has 0 aliphatic carbocycles. The number of nitrogens with one attached hydrogen (secondary N) is 1. The molecule has 0 atom stereocenters. The molecule has 114 valence electrons. The van der Waals surface area contributed by atoms with E-state index in [9.17, 15) is 14.4 Å². The zero-order chi connectivity index (χ0) is 15.4. The topological polar surface area (TPSA) is 95.5 Å². The van der Waals surface area contributed by atoms with E-state index in [1.165, 1.54) is 18.8 Å². The molecule has 4 amide bonds. The second-order valence-electron chi connectivity index (χ2n) is 4.36. The van der Waals surface area contributed by atoms with Crippen LogP contribution in [0.25, 0.3) is 0 Å². The lowest BCUT2D eigenvalue weighted by atomic mass is 10.3. The molecule has 0 saturated carbocycles. The summed E-state index contributed by atoms with van der Waals surface area (Å²) in [6.07, 6.45) is 1.01. The first kappa shape index (κ1) is 15.7. The first-order chi connectivity index (χ1) is 10.0. The largest absolute Gasteiger partial charge is 0.324 e. The second kappa shape index (κ2) is 6.85. The van der Waals surface area contributed by atoms with Crippen LogP contribution < -0.4 is 5.32 Å². The Balaban J connectivity index is 1.93. The minimum Gasteiger partial charge on any atom is -0.306 e. The summed E-state index contributed by atoms with van der Waals surface area (Å²) in [6.45, 7) is 1.82. The molecule has 1 saturated heterocycles. The van der Waals surface area contributed by atoms with Crippen LogP contribution in [0.15, 0.2) is 5.16 Å². The van der Waals surface area contributed by atoms with Gasteiger partial charge in [-0.2, -0.15) is 9.36 Å². The molecular weight excluding hydrogens is 314 g/mol. The number of hydrogen-bond donors (Lipinski definition) is 1. The van der Waals surface area contributed by atoms with E-state index < -0.39 is 17.8 Å². The molecule has 1 aromatic rings. The highest BCUT2D eigenvalue weighted by molar-refractivity contribution is 7.99. The summed E-state index contributed by atoms with van der Waals surface area (Å²) in [5.74, 6) is 0.0988. The average Bonchev–Trinajstić information content (AvgIpc) is 2.89. The second-order valence-corrected chi connectivity index (χ2v) is 6.18. The van der Waals surface area contributed by atoms with Crippen molar-refractivity contribution in [1.29, 1.82) is 0 Å². The molecule has 1 N–H and O–H groups in total. The monoisotopic (exact) mass is 329 g/mol. The Labute approximate surface area is 130 Å². The van der Waals surface area contributed by atoms with Gasteiger partial charge in [0.15, 0.2) is 0 Å². The van der Waals surface area contributed by atoms with Crippen molar-refractivity contribution < 1.29 is 14.4 Å². The fraction of sp³-hybridized carbons (Fsp3) is 0.545. The van der Waals surface area contributed by atoms with Gasteiger partial charge in [-0.15, -0.1) is 0 Å². The van der Waals surface area contributed by atoms with Crippen LogP contribution in [-0.2, 0) is 9.59 Å². The van der Waals surface area contributed by atoms with Crippen LogP contribution in [0, 0.1) is 0 Å². The number of anilines is 1. The summed E-state index contributed by atoms with van der Waals surface area (Å²) >= 11 is 2.59. The molecule has 1 aliphatic heterocycles. The van der Waals surface area contributed by atoms with Crippen molar-refractivity contribution in [1.82, 2.24) is 19.2 Å². The van der Waals surface area contributed by atoms with E-state index in [4.69, 9.17) is 0 Å². The third-order valence-corrected chi connectivity index (χ3v) is 4.54. The predicted octanol–water partition coefficient (Wildman–Crippen LogP) is 0.873. The number of piperazine rings is 1. The van der Waals surface area contributed by atoms with Gasteiger partial charge in [-0.3, -0.25) is 19.8 Å². The third kappa shape index (κ3) is 3.91. The van der Waals surface area contributed by atoms with E-state index in [1.807, 2.05) is 0 Å². The molecule has 0 bridgehead atoms. The molecule has 0 radical (unpaired) electrons. The van der Waals surface area contributed by atoms with Crippen molar-refractivity contribution in [3.05, 3.63) is 0 Å². The minimum absolute atomic E-state index is 0.121. The molecule has 0 unspecified atom stereocenters. The summed E-state index contributed by atoms with van der Waals surface area (Å²) in [4.78, 5) is 41.5. The Hall–Kier alpha value is -1.68. The zero-order valence-electron chi connectivity index (χ0n) is 11.7. The summed E-state index contributed by atoms with van der Waals surface area (Å²) in [5.41, 5.74) is 0. The molecular formula is C11H15N5O3S2. The van der Waals surface area contributed by atoms with Crippen molar-refractivity contribution >= 4 is 46.3 Å². The molecule has 10 heteroatoms. The number of carbonyl (C=O) groups is 3. The van der Waals surface area contributed by atoms with E-state index in [0.717, 1.165) is 33.5 Å². The zero-order valence-corrected chi connectivity index (χ0v) is 13.3. The lowest BCUT2D eigenvalue weighted by molar-refractivity contribution is -0.147. The van der Waals surface area contributed by atoms with Crippen LogP contribution in [0.1, 0.15) is 13.3 Å². The number of imide groups is 1.